The second-order valence-corrected chi connectivity index (χ2v) is 14.3. The van der Waals surface area contributed by atoms with E-state index in [9.17, 15) is 0 Å². The molecule has 0 fully saturated rings. The molecule has 0 amide bonds. The Labute approximate surface area is 329 Å². The molecular formula is C53H33N3O. The third kappa shape index (κ3) is 5.74. The first-order valence-corrected chi connectivity index (χ1v) is 19.2. The molecule has 0 aliphatic heterocycles. The minimum Gasteiger partial charge on any atom is -0.456 e. The Balaban J connectivity index is 1.01. The van der Waals surface area contributed by atoms with Gasteiger partial charge in [-0.05, 0) is 41.0 Å². The first-order chi connectivity index (χ1) is 28.2. The Morgan fingerprint density at radius 1 is 0.316 bits per heavy atom. The standard InChI is InChI=1S/C53H33N3O/c1-4-14-36(15-5-1)45-33-46(37-16-6-2-7-17-37)56-53(55-45)40-30-26-35(27-31-40)34-24-28-39(29-25-34)52-43-32-48-51(42-21-11-13-23-47(42)57-48)49(38-18-8-3-9-19-38)50(43)41-20-10-12-22-44(41)54-52/h1-33H. The van der Waals surface area contributed by atoms with E-state index in [0.29, 0.717) is 5.82 Å². The lowest BCUT2D eigenvalue weighted by atomic mass is 9.89. The van der Waals surface area contributed by atoms with Crippen molar-refractivity contribution in [1.82, 2.24) is 15.0 Å². The molecule has 4 nitrogen and oxygen atoms in total. The summed E-state index contributed by atoms with van der Waals surface area (Å²) in [6.45, 7) is 0. The molecule has 57 heavy (non-hydrogen) atoms. The lowest BCUT2D eigenvalue weighted by Crippen LogP contribution is -1.96. The summed E-state index contributed by atoms with van der Waals surface area (Å²) < 4.78 is 6.57. The van der Waals surface area contributed by atoms with Crippen molar-refractivity contribution in [3.05, 3.63) is 200 Å². The molecule has 3 heterocycles. The number of nitrogens with zero attached hydrogens (tertiary/aromatic N) is 3. The number of rotatable bonds is 6. The number of benzene rings is 8. The van der Waals surface area contributed by atoms with Crippen LogP contribution in [0.1, 0.15) is 0 Å². The highest BCUT2D eigenvalue weighted by Gasteiger charge is 2.21. The smallest absolute Gasteiger partial charge is 0.160 e. The lowest BCUT2D eigenvalue weighted by molar-refractivity contribution is 0.669. The molecule has 0 aliphatic rings. The van der Waals surface area contributed by atoms with Gasteiger partial charge in [-0.3, -0.25) is 0 Å². The van der Waals surface area contributed by atoms with Gasteiger partial charge >= 0.3 is 0 Å². The van der Waals surface area contributed by atoms with Gasteiger partial charge in [-0.2, -0.15) is 0 Å². The van der Waals surface area contributed by atoms with E-state index in [1.807, 2.05) is 48.5 Å². The average molecular weight is 728 g/mol. The number of fused-ring (bicyclic) bond motifs is 6. The molecule has 4 heteroatoms. The second-order valence-electron chi connectivity index (χ2n) is 14.3. The van der Waals surface area contributed by atoms with Crippen molar-refractivity contribution in [2.75, 3.05) is 0 Å². The van der Waals surface area contributed by atoms with Crippen molar-refractivity contribution in [1.29, 1.82) is 0 Å². The summed E-state index contributed by atoms with van der Waals surface area (Å²) in [5, 5.41) is 5.59. The average Bonchev–Trinajstić information content (AvgIpc) is 3.67. The minimum absolute atomic E-state index is 0.694. The quantitative estimate of drug-likeness (QED) is 0.160. The topological polar surface area (TPSA) is 51.8 Å². The molecule has 11 rings (SSSR count). The molecule has 0 unspecified atom stereocenters. The minimum atomic E-state index is 0.694. The molecule has 0 aliphatic carbocycles. The molecule has 11 aromatic rings. The highest BCUT2D eigenvalue weighted by Crippen LogP contribution is 2.46. The molecule has 0 spiro atoms. The highest BCUT2D eigenvalue weighted by molar-refractivity contribution is 6.27. The van der Waals surface area contributed by atoms with Crippen LogP contribution < -0.4 is 0 Å². The van der Waals surface area contributed by atoms with Crippen LogP contribution in [-0.4, -0.2) is 15.0 Å². The van der Waals surface area contributed by atoms with E-state index in [1.54, 1.807) is 0 Å². The second kappa shape index (κ2) is 13.6. The number of para-hydroxylation sites is 2. The monoisotopic (exact) mass is 727 g/mol. The van der Waals surface area contributed by atoms with E-state index in [0.717, 1.165) is 94.3 Å². The summed E-state index contributed by atoms with van der Waals surface area (Å²) in [5.74, 6) is 0.694. The Morgan fingerprint density at radius 3 is 1.46 bits per heavy atom. The predicted octanol–water partition coefficient (Wildman–Crippen LogP) is 14.1. The van der Waals surface area contributed by atoms with Crippen LogP contribution in [0.5, 0.6) is 0 Å². The van der Waals surface area contributed by atoms with Crippen LogP contribution in [0.4, 0.5) is 0 Å². The van der Waals surface area contributed by atoms with Gasteiger partial charge in [0.05, 0.1) is 22.6 Å². The zero-order valence-electron chi connectivity index (χ0n) is 30.8. The van der Waals surface area contributed by atoms with Crippen LogP contribution in [0.3, 0.4) is 0 Å². The predicted molar refractivity (Wildman–Crippen MR) is 235 cm³/mol. The van der Waals surface area contributed by atoms with Gasteiger partial charge in [0, 0.05) is 54.7 Å². The van der Waals surface area contributed by atoms with Crippen LogP contribution in [0, 0.1) is 0 Å². The van der Waals surface area contributed by atoms with Crippen LogP contribution in [0.2, 0.25) is 0 Å². The van der Waals surface area contributed by atoms with E-state index < -0.39 is 0 Å². The number of hydrogen-bond acceptors (Lipinski definition) is 4. The van der Waals surface area contributed by atoms with E-state index in [2.05, 4.69) is 152 Å². The molecule has 0 bridgehead atoms. The maximum Gasteiger partial charge on any atom is 0.160 e. The Morgan fingerprint density at radius 2 is 0.825 bits per heavy atom. The summed E-state index contributed by atoms with van der Waals surface area (Å²) in [5.41, 5.74) is 14.1. The van der Waals surface area contributed by atoms with Gasteiger partial charge in [0.1, 0.15) is 11.2 Å². The van der Waals surface area contributed by atoms with Crippen LogP contribution >= 0.6 is 0 Å². The third-order valence-electron chi connectivity index (χ3n) is 10.9. The Kier molecular flexibility index (Phi) is 7.78. The number of furan rings is 1. The molecule has 0 saturated heterocycles. The summed E-state index contributed by atoms with van der Waals surface area (Å²) in [6.07, 6.45) is 0. The fourth-order valence-electron chi connectivity index (χ4n) is 8.15. The van der Waals surface area contributed by atoms with E-state index in [4.69, 9.17) is 19.4 Å². The summed E-state index contributed by atoms with van der Waals surface area (Å²) in [4.78, 5) is 15.4. The fraction of sp³-hybridized carbons (Fsp3) is 0. The molecule has 0 saturated carbocycles. The van der Waals surface area contributed by atoms with Crippen LogP contribution in [-0.2, 0) is 0 Å². The van der Waals surface area contributed by atoms with Gasteiger partial charge < -0.3 is 4.42 Å². The molecule has 266 valence electrons. The van der Waals surface area contributed by atoms with Crippen molar-refractivity contribution in [3.8, 4) is 67.4 Å². The molecule has 8 aromatic carbocycles. The summed E-state index contributed by atoms with van der Waals surface area (Å²) in [7, 11) is 0. The van der Waals surface area contributed by atoms with Gasteiger partial charge in [-0.15, -0.1) is 0 Å². The van der Waals surface area contributed by atoms with Crippen molar-refractivity contribution >= 4 is 43.6 Å². The van der Waals surface area contributed by atoms with Crippen LogP contribution in [0.25, 0.3) is 111 Å². The van der Waals surface area contributed by atoms with Crippen molar-refractivity contribution in [3.63, 3.8) is 0 Å². The Hall–Kier alpha value is -7.69. The van der Waals surface area contributed by atoms with E-state index in [1.165, 1.54) is 10.9 Å². The van der Waals surface area contributed by atoms with Crippen molar-refractivity contribution in [2.45, 2.75) is 0 Å². The van der Waals surface area contributed by atoms with Crippen molar-refractivity contribution < 1.29 is 4.42 Å². The van der Waals surface area contributed by atoms with Crippen LogP contribution in [0.15, 0.2) is 205 Å². The Bertz CT molecular complexity index is 3190. The zero-order valence-corrected chi connectivity index (χ0v) is 30.8. The first kappa shape index (κ1) is 32.7. The summed E-state index contributed by atoms with van der Waals surface area (Å²) >= 11 is 0. The van der Waals surface area contributed by atoms with Gasteiger partial charge in [0.2, 0.25) is 0 Å². The number of hydrogen-bond donors (Lipinski definition) is 0. The normalized spacial score (nSPS) is 11.5. The maximum absolute atomic E-state index is 6.57. The van der Waals surface area contributed by atoms with Gasteiger partial charge in [-0.1, -0.05) is 176 Å². The van der Waals surface area contributed by atoms with Gasteiger partial charge in [0.15, 0.2) is 5.82 Å². The fourth-order valence-corrected chi connectivity index (χ4v) is 8.15. The lowest BCUT2D eigenvalue weighted by Gasteiger charge is -2.16. The number of aromatic nitrogens is 3. The first-order valence-electron chi connectivity index (χ1n) is 19.2. The third-order valence-corrected chi connectivity index (χ3v) is 10.9. The largest absolute Gasteiger partial charge is 0.456 e. The number of pyridine rings is 1. The van der Waals surface area contributed by atoms with Gasteiger partial charge in [-0.25, -0.2) is 15.0 Å². The van der Waals surface area contributed by atoms with Crippen molar-refractivity contribution in [2.24, 2.45) is 0 Å². The molecule has 0 radical (unpaired) electrons. The van der Waals surface area contributed by atoms with E-state index >= 15 is 0 Å². The zero-order chi connectivity index (χ0) is 37.7. The van der Waals surface area contributed by atoms with Gasteiger partial charge in [0.25, 0.3) is 0 Å². The van der Waals surface area contributed by atoms with E-state index in [-0.39, 0.29) is 0 Å². The summed E-state index contributed by atoms with van der Waals surface area (Å²) in [6, 6.07) is 69.6. The molecule has 0 atom stereocenters. The maximum atomic E-state index is 6.57. The highest BCUT2D eigenvalue weighted by atomic mass is 16.3. The molecule has 3 aromatic heterocycles. The SMILES string of the molecule is c1ccc(-c2cc(-c3ccccc3)nc(-c3ccc(-c4ccc(-c5nc6ccccc6c6c(-c7ccccc7)c7c(cc56)oc5ccccc57)cc4)cc3)n2)cc1. The molecule has 0 N–H and O–H groups in total. The molecular weight excluding hydrogens is 695 g/mol.